The first kappa shape index (κ1) is 18.4. The molecule has 0 spiro atoms. The van der Waals surface area contributed by atoms with Crippen molar-refractivity contribution >= 4 is 5.91 Å². The van der Waals surface area contributed by atoms with Crippen LogP contribution in [0.5, 0.6) is 0 Å². The van der Waals surface area contributed by atoms with Gasteiger partial charge in [-0.05, 0) is 45.7 Å². The van der Waals surface area contributed by atoms with Gasteiger partial charge in [-0.15, -0.1) is 0 Å². The fourth-order valence-electron chi connectivity index (χ4n) is 4.17. The molecule has 1 N–H and O–H groups in total. The Balaban J connectivity index is 1.52. The molecule has 140 valence electrons. The first-order valence-electron chi connectivity index (χ1n) is 9.82. The third kappa shape index (κ3) is 4.61. The number of carbonyl (C=O) groups excluding carboxylic acids is 1. The van der Waals surface area contributed by atoms with Crippen molar-refractivity contribution in [3.05, 3.63) is 17.7 Å². The standard InChI is InChI=1S/C19H32N4O2/c1-16-14-20-19(23(16)12-13-24)17-6-10-22(11-7-17)18(25)15-21-8-4-2-3-5-9-21/h14,17,24H,2-13,15H2,1H3. The van der Waals surface area contributed by atoms with Crippen molar-refractivity contribution in [3.63, 3.8) is 0 Å². The van der Waals surface area contributed by atoms with Gasteiger partial charge in [0, 0.05) is 37.4 Å². The van der Waals surface area contributed by atoms with Crippen LogP contribution in [-0.4, -0.2) is 69.7 Å². The molecule has 2 saturated heterocycles. The number of aromatic nitrogens is 2. The molecular formula is C19H32N4O2. The zero-order chi connectivity index (χ0) is 17.6. The second-order valence-corrected chi connectivity index (χ2v) is 7.48. The van der Waals surface area contributed by atoms with Crippen molar-refractivity contribution < 1.29 is 9.90 Å². The molecule has 3 rings (SSSR count). The lowest BCUT2D eigenvalue weighted by Crippen LogP contribution is -2.44. The normalized spacial score (nSPS) is 20.6. The Morgan fingerprint density at radius 3 is 2.48 bits per heavy atom. The van der Waals surface area contributed by atoms with Crippen molar-refractivity contribution in [1.82, 2.24) is 19.4 Å². The molecule has 1 aromatic heterocycles. The van der Waals surface area contributed by atoms with E-state index in [0.717, 1.165) is 50.5 Å². The minimum absolute atomic E-state index is 0.136. The van der Waals surface area contributed by atoms with Crippen LogP contribution in [0.25, 0.3) is 0 Å². The molecule has 1 aromatic rings. The van der Waals surface area contributed by atoms with E-state index in [4.69, 9.17) is 0 Å². The molecule has 2 aliphatic heterocycles. The number of hydrogen-bond donors (Lipinski definition) is 1. The summed E-state index contributed by atoms with van der Waals surface area (Å²) >= 11 is 0. The number of likely N-dealkylation sites (tertiary alicyclic amines) is 2. The van der Waals surface area contributed by atoms with Crippen LogP contribution in [0, 0.1) is 6.92 Å². The SMILES string of the molecule is Cc1cnc(C2CCN(C(=O)CN3CCCCCC3)CC2)n1CCO. The Labute approximate surface area is 150 Å². The third-order valence-corrected chi connectivity index (χ3v) is 5.68. The summed E-state index contributed by atoms with van der Waals surface area (Å²) in [6, 6.07) is 0. The molecule has 0 radical (unpaired) electrons. The number of hydrogen-bond acceptors (Lipinski definition) is 4. The second kappa shape index (κ2) is 8.81. The minimum Gasteiger partial charge on any atom is -0.395 e. The number of aliphatic hydroxyl groups excluding tert-OH is 1. The van der Waals surface area contributed by atoms with Crippen LogP contribution in [0.15, 0.2) is 6.20 Å². The Morgan fingerprint density at radius 1 is 1.16 bits per heavy atom. The summed E-state index contributed by atoms with van der Waals surface area (Å²) in [7, 11) is 0. The van der Waals surface area contributed by atoms with Crippen LogP contribution in [0.4, 0.5) is 0 Å². The van der Waals surface area contributed by atoms with Crippen LogP contribution in [0.2, 0.25) is 0 Å². The number of amides is 1. The maximum absolute atomic E-state index is 12.6. The number of piperidine rings is 1. The number of rotatable bonds is 5. The van der Waals surface area contributed by atoms with Gasteiger partial charge in [-0.1, -0.05) is 12.8 Å². The number of carbonyl (C=O) groups is 1. The van der Waals surface area contributed by atoms with Gasteiger partial charge in [0.15, 0.2) is 0 Å². The van der Waals surface area contributed by atoms with Crippen LogP contribution in [-0.2, 0) is 11.3 Å². The van der Waals surface area contributed by atoms with Gasteiger partial charge in [0.2, 0.25) is 5.91 Å². The molecule has 0 saturated carbocycles. The fourth-order valence-corrected chi connectivity index (χ4v) is 4.17. The summed E-state index contributed by atoms with van der Waals surface area (Å²) in [5.41, 5.74) is 1.10. The monoisotopic (exact) mass is 348 g/mol. The van der Waals surface area contributed by atoms with Gasteiger partial charge in [-0.2, -0.15) is 0 Å². The number of aliphatic hydroxyl groups is 1. The molecule has 0 bridgehead atoms. The maximum atomic E-state index is 12.6. The van der Waals surface area contributed by atoms with E-state index in [-0.39, 0.29) is 12.5 Å². The van der Waals surface area contributed by atoms with E-state index in [2.05, 4.69) is 14.5 Å². The van der Waals surface area contributed by atoms with Crippen molar-refractivity contribution in [2.45, 2.75) is 57.9 Å². The zero-order valence-corrected chi connectivity index (χ0v) is 15.5. The molecule has 0 aliphatic carbocycles. The van der Waals surface area contributed by atoms with E-state index in [1.165, 1.54) is 25.7 Å². The summed E-state index contributed by atoms with van der Waals surface area (Å²) in [5, 5.41) is 9.27. The zero-order valence-electron chi connectivity index (χ0n) is 15.5. The van der Waals surface area contributed by atoms with Gasteiger partial charge < -0.3 is 14.6 Å². The van der Waals surface area contributed by atoms with E-state index >= 15 is 0 Å². The Morgan fingerprint density at radius 2 is 1.84 bits per heavy atom. The highest BCUT2D eigenvalue weighted by molar-refractivity contribution is 5.78. The van der Waals surface area contributed by atoms with E-state index in [0.29, 0.717) is 19.0 Å². The molecule has 2 fully saturated rings. The molecule has 25 heavy (non-hydrogen) atoms. The molecule has 6 heteroatoms. The molecule has 0 unspecified atom stereocenters. The summed E-state index contributed by atoms with van der Waals surface area (Å²) < 4.78 is 2.12. The van der Waals surface area contributed by atoms with Crippen molar-refractivity contribution in [2.24, 2.45) is 0 Å². The van der Waals surface area contributed by atoms with Gasteiger partial charge >= 0.3 is 0 Å². The van der Waals surface area contributed by atoms with Gasteiger partial charge in [0.1, 0.15) is 5.82 Å². The lowest BCUT2D eigenvalue weighted by Gasteiger charge is -2.33. The predicted octanol–water partition coefficient (Wildman–Crippen LogP) is 1.77. The maximum Gasteiger partial charge on any atom is 0.236 e. The highest BCUT2D eigenvalue weighted by Gasteiger charge is 2.27. The number of aryl methyl sites for hydroxylation is 1. The lowest BCUT2D eigenvalue weighted by atomic mass is 9.95. The minimum atomic E-state index is 0.136. The average molecular weight is 348 g/mol. The second-order valence-electron chi connectivity index (χ2n) is 7.48. The van der Waals surface area contributed by atoms with Gasteiger partial charge in [0.25, 0.3) is 0 Å². The lowest BCUT2D eigenvalue weighted by molar-refractivity contribution is -0.133. The van der Waals surface area contributed by atoms with E-state index < -0.39 is 0 Å². The van der Waals surface area contributed by atoms with Crippen LogP contribution in [0.3, 0.4) is 0 Å². The van der Waals surface area contributed by atoms with E-state index in [1.807, 2.05) is 18.0 Å². The average Bonchev–Trinajstić information content (AvgIpc) is 2.83. The van der Waals surface area contributed by atoms with Gasteiger partial charge in [-0.3, -0.25) is 9.69 Å². The quantitative estimate of drug-likeness (QED) is 0.881. The van der Waals surface area contributed by atoms with Crippen molar-refractivity contribution in [3.8, 4) is 0 Å². The highest BCUT2D eigenvalue weighted by Crippen LogP contribution is 2.28. The first-order chi connectivity index (χ1) is 12.2. The van der Waals surface area contributed by atoms with Crippen molar-refractivity contribution in [1.29, 1.82) is 0 Å². The molecule has 0 aromatic carbocycles. The van der Waals surface area contributed by atoms with E-state index in [1.54, 1.807) is 0 Å². The van der Waals surface area contributed by atoms with E-state index in [9.17, 15) is 9.90 Å². The number of nitrogens with zero attached hydrogens (tertiary/aromatic N) is 4. The predicted molar refractivity (Wildman–Crippen MR) is 97.5 cm³/mol. The summed E-state index contributed by atoms with van der Waals surface area (Å²) in [6.07, 6.45) is 8.87. The Kier molecular flexibility index (Phi) is 6.48. The summed E-state index contributed by atoms with van der Waals surface area (Å²) in [6.45, 7) is 7.15. The molecule has 6 nitrogen and oxygen atoms in total. The Bertz CT molecular complexity index is 556. The van der Waals surface area contributed by atoms with Crippen molar-refractivity contribution in [2.75, 3.05) is 39.3 Å². The smallest absolute Gasteiger partial charge is 0.236 e. The fraction of sp³-hybridized carbons (Fsp3) is 0.789. The molecule has 1 amide bonds. The Hall–Kier alpha value is -1.40. The first-order valence-corrected chi connectivity index (χ1v) is 9.82. The molecular weight excluding hydrogens is 316 g/mol. The highest BCUT2D eigenvalue weighted by atomic mass is 16.3. The number of imidazole rings is 1. The van der Waals surface area contributed by atoms with Crippen LogP contribution >= 0.6 is 0 Å². The van der Waals surface area contributed by atoms with Crippen LogP contribution < -0.4 is 0 Å². The van der Waals surface area contributed by atoms with Crippen LogP contribution in [0.1, 0.15) is 56.0 Å². The summed E-state index contributed by atoms with van der Waals surface area (Å²) in [5.74, 6) is 1.75. The summed E-state index contributed by atoms with van der Waals surface area (Å²) in [4.78, 5) is 21.6. The molecule has 3 heterocycles. The molecule has 0 atom stereocenters. The van der Waals surface area contributed by atoms with Gasteiger partial charge in [0.05, 0.1) is 13.2 Å². The largest absolute Gasteiger partial charge is 0.395 e. The molecule has 2 aliphatic rings. The topological polar surface area (TPSA) is 61.6 Å². The van der Waals surface area contributed by atoms with Gasteiger partial charge in [-0.25, -0.2) is 4.98 Å². The third-order valence-electron chi connectivity index (χ3n) is 5.68.